The maximum Gasteiger partial charge on any atom is 0.337 e. The molecule has 0 spiro atoms. The molecular weight excluding hydrogens is 378 g/mol. The number of benzene rings is 2. The number of ether oxygens (including phenoxy) is 1. The van der Waals surface area contributed by atoms with Crippen molar-refractivity contribution in [2.24, 2.45) is 0 Å². The van der Waals surface area contributed by atoms with Crippen molar-refractivity contribution < 1.29 is 14.3 Å². The summed E-state index contributed by atoms with van der Waals surface area (Å²) in [5, 5.41) is 6.63. The molecule has 2 N–H and O–H groups in total. The lowest BCUT2D eigenvalue weighted by Crippen LogP contribution is -2.14. The second-order valence-electron chi connectivity index (χ2n) is 5.90. The van der Waals surface area contributed by atoms with E-state index >= 15 is 0 Å². The molecule has 1 aromatic heterocycles. The van der Waals surface area contributed by atoms with Gasteiger partial charge in [0.2, 0.25) is 0 Å². The van der Waals surface area contributed by atoms with Gasteiger partial charge in [0.15, 0.2) is 0 Å². The van der Waals surface area contributed by atoms with Crippen LogP contribution in [-0.4, -0.2) is 24.0 Å². The normalized spacial score (nSPS) is 10.2. The number of aromatic nitrogens is 1. The first kappa shape index (κ1) is 19.4. The molecule has 0 saturated heterocycles. The van der Waals surface area contributed by atoms with E-state index in [-0.39, 0.29) is 11.6 Å². The molecule has 0 radical (unpaired) electrons. The summed E-state index contributed by atoms with van der Waals surface area (Å²) >= 11 is 6.16. The van der Waals surface area contributed by atoms with Gasteiger partial charge in [0, 0.05) is 29.1 Å². The molecule has 0 fully saturated rings. The maximum atomic E-state index is 12.5. The number of halogens is 1. The first-order valence-electron chi connectivity index (χ1n) is 8.50. The van der Waals surface area contributed by atoms with Crippen molar-refractivity contribution in [2.45, 2.75) is 6.54 Å². The van der Waals surface area contributed by atoms with Crippen molar-refractivity contribution in [1.29, 1.82) is 0 Å². The molecule has 6 nitrogen and oxygen atoms in total. The first-order chi connectivity index (χ1) is 13.6. The Morgan fingerprint density at radius 3 is 2.64 bits per heavy atom. The van der Waals surface area contributed by atoms with Gasteiger partial charge in [-0.05, 0) is 42.0 Å². The zero-order valence-corrected chi connectivity index (χ0v) is 15.9. The number of amides is 1. The van der Waals surface area contributed by atoms with E-state index in [1.165, 1.54) is 7.11 Å². The van der Waals surface area contributed by atoms with Crippen molar-refractivity contribution in [3.05, 3.63) is 88.7 Å². The molecule has 3 rings (SSSR count). The molecular formula is C21H18ClN3O3. The molecule has 0 atom stereocenters. The third-order valence-electron chi connectivity index (χ3n) is 3.97. The van der Waals surface area contributed by atoms with E-state index in [0.717, 1.165) is 11.3 Å². The average Bonchev–Trinajstić information content (AvgIpc) is 2.73. The first-order valence-corrected chi connectivity index (χ1v) is 8.87. The van der Waals surface area contributed by atoms with Crippen molar-refractivity contribution >= 4 is 34.9 Å². The van der Waals surface area contributed by atoms with E-state index in [9.17, 15) is 9.59 Å². The number of pyridine rings is 1. The zero-order valence-electron chi connectivity index (χ0n) is 15.1. The fourth-order valence-corrected chi connectivity index (χ4v) is 2.74. The number of rotatable bonds is 6. The molecule has 1 heterocycles. The Balaban J connectivity index is 1.69. The summed E-state index contributed by atoms with van der Waals surface area (Å²) in [6.07, 6.45) is 1.55. The van der Waals surface area contributed by atoms with Crippen molar-refractivity contribution in [3.8, 4) is 0 Å². The van der Waals surface area contributed by atoms with Crippen LogP contribution >= 0.6 is 11.6 Å². The highest BCUT2D eigenvalue weighted by atomic mass is 35.5. The molecule has 0 aliphatic rings. The van der Waals surface area contributed by atoms with Crippen molar-refractivity contribution in [2.75, 3.05) is 17.7 Å². The number of anilines is 2. The van der Waals surface area contributed by atoms with Crippen LogP contribution in [0.25, 0.3) is 0 Å². The molecule has 1 amide bonds. The predicted molar refractivity (Wildman–Crippen MR) is 109 cm³/mol. The number of hydrogen-bond donors (Lipinski definition) is 2. The van der Waals surface area contributed by atoms with E-state index in [1.807, 2.05) is 24.3 Å². The Kier molecular flexibility index (Phi) is 6.24. The van der Waals surface area contributed by atoms with Gasteiger partial charge in [0.25, 0.3) is 5.91 Å². The monoisotopic (exact) mass is 395 g/mol. The van der Waals surface area contributed by atoms with Gasteiger partial charge in [0.1, 0.15) is 5.69 Å². The molecule has 3 aromatic rings. The van der Waals surface area contributed by atoms with Crippen LogP contribution in [0.5, 0.6) is 0 Å². The minimum Gasteiger partial charge on any atom is -0.465 e. The highest BCUT2D eigenvalue weighted by Gasteiger charge is 2.11. The molecule has 0 bridgehead atoms. The summed E-state index contributed by atoms with van der Waals surface area (Å²) in [6.45, 7) is 0.520. The van der Waals surface area contributed by atoms with Gasteiger partial charge >= 0.3 is 5.97 Å². The van der Waals surface area contributed by atoms with Gasteiger partial charge in [-0.15, -0.1) is 0 Å². The standard InChI is InChI=1S/C21H18ClN3O3/c1-28-21(27)14-6-4-7-17(11-14)25-20(26)19-12-16(9-10-23-19)24-13-15-5-2-3-8-18(15)22/h2-12H,13H2,1H3,(H,23,24)(H,25,26). The zero-order chi connectivity index (χ0) is 19.9. The summed E-state index contributed by atoms with van der Waals surface area (Å²) in [7, 11) is 1.30. The van der Waals surface area contributed by atoms with E-state index in [0.29, 0.717) is 22.8 Å². The molecule has 7 heteroatoms. The van der Waals surface area contributed by atoms with E-state index in [4.69, 9.17) is 11.6 Å². The van der Waals surface area contributed by atoms with Crippen LogP contribution in [0.3, 0.4) is 0 Å². The fraction of sp³-hybridized carbons (Fsp3) is 0.0952. The number of hydrogen-bond acceptors (Lipinski definition) is 5. The molecule has 0 saturated carbocycles. The van der Waals surface area contributed by atoms with Crippen LogP contribution in [0, 0.1) is 0 Å². The van der Waals surface area contributed by atoms with Crippen LogP contribution in [0.1, 0.15) is 26.4 Å². The Bertz CT molecular complexity index is 1010. The second-order valence-corrected chi connectivity index (χ2v) is 6.31. The van der Waals surface area contributed by atoms with Crippen LogP contribution < -0.4 is 10.6 Å². The lowest BCUT2D eigenvalue weighted by atomic mass is 10.2. The average molecular weight is 396 g/mol. The van der Waals surface area contributed by atoms with Gasteiger partial charge in [0.05, 0.1) is 12.7 Å². The Labute approximate surface area is 167 Å². The summed E-state index contributed by atoms with van der Waals surface area (Å²) in [4.78, 5) is 28.2. The van der Waals surface area contributed by atoms with Gasteiger partial charge in [-0.1, -0.05) is 35.9 Å². The smallest absolute Gasteiger partial charge is 0.337 e. The molecule has 2 aromatic carbocycles. The third kappa shape index (κ3) is 4.86. The van der Waals surface area contributed by atoms with E-state index in [2.05, 4.69) is 20.4 Å². The lowest BCUT2D eigenvalue weighted by molar-refractivity contribution is 0.0600. The summed E-state index contributed by atoms with van der Waals surface area (Å²) in [5.41, 5.74) is 2.76. The molecule has 0 aliphatic carbocycles. The third-order valence-corrected chi connectivity index (χ3v) is 4.34. The molecule has 0 unspecified atom stereocenters. The fourth-order valence-electron chi connectivity index (χ4n) is 2.54. The minimum absolute atomic E-state index is 0.243. The number of nitrogens with one attached hydrogen (secondary N) is 2. The Hall–Kier alpha value is -3.38. The summed E-state index contributed by atoms with van der Waals surface area (Å²) < 4.78 is 4.69. The van der Waals surface area contributed by atoms with E-state index < -0.39 is 5.97 Å². The van der Waals surface area contributed by atoms with Gasteiger partial charge in [-0.25, -0.2) is 4.79 Å². The highest BCUT2D eigenvalue weighted by molar-refractivity contribution is 6.31. The number of carbonyl (C=O) groups is 2. The van der Waals surface area contributed by atoms with Crippen LogP contribution in [0.4, 0.5) is 11.4 Å². The van der Waals surface area contributed by atoms with Gasteiger partial charge in [-0.3, -0.25) is 9.78 Å². The van der Waals surface area contributed by atoms with Crippen LogP contribution in [0.15, 0.2) is 66.9 Å². The summed E-state index contributed by atoms with van der Waals surface area (Å²) in [6, 6.07) is 17.5. The number of nitrogens with zero attached hydrogens (tertiary/aromatic N) is 1. The maximum absolute atomic E-state index is 12.5. The SMILES string of the molecule is COC(=O)c1cccc(NC(=O)c2cc(NCc3ccccc3Cl)ccn2)c1. The largest absolute Gasteiger partial charge is 0.465 e. The van der Waals surface area contributed by atoms with Crippen LogP contribution in [-0.2, 0) is 11.3 Å². The summed E-state index contributed by atoms with van der Waals surface area (Å²) in [5.74, 6) is -0.858. The molecule has 142 valence electrons. The van der Waals surface area contributed by atoms with Crippen LogP contribution in [0.2, 0.25) is 5.02 Å². The van der Waals surface area contributed by atoms with Crippen molar-refractivity contribution in [1.82, 2.24) is 4.98 Å². The topological polar surface area (TPSA) is 80.3 Å². The molecule has 28 heavy (non-hydrogen) atoms. The lowest BCUT2D eigenvalue weighted by Gasteiger charge is -2.10. The minimum atomic E-state index is -0.472. The number of esters is 1. The van der Waals surface area contributed by atoms with Gasteiger partial charge in [-0.2, -0.15) is 0 Å². The molecule has 0 aliphatic heterocycles. The number of carbonyl (C=O) groups excluding carboxylic acids is 2. The number of methoxy groups -OCH3 is 1. The second kappa shape index (κ2) is 9.01. The predicted octanol–water partition coefficient (Wildman–Crippen LogP) is 4.39. The Morgan fingerprint density at radius 1 is 1.04 bits per heavy atom. The van der Waals surface area contributed by atoms with E-state index in [1.54, 1.807) is 42.6 Å². The van der Waals surface area contributed by atoms with Gasteiger partial charge < -0.3 is 15.4 Å². The highest BCUT2D eigenvalue weighted by Crippen LogP contribution is 2.18. The Morgan fingerprint density at radius 2 is 1.86 bits per heavy atom. The van der Waals surface area contributed by atoms with Crippen molar-refractivity contribution in [3.63, 3.8) is 0 Å². The quantitative estimate of drug-likeness (QED) is 0.605.